The van der Waals surface area contributed by atoms with E-state index in [4.69, 9.17) is 4.89 Å². The predicted octanol–water partition coefficient (Wildman–Crippen LogP) is 4.35. The zero-order valence-corrected chi connectivity index (χ0v) is 11.6. The van der Waals surface area contributed by atoms with Gasteiger partial charge in [-0.1, -0.05) is 52.4 Å². The summed E-state index contributed by atoms with van der Waals surface area (Å²) in [6.45, 7) is 6.57. The molecule has 0 aromatic carbocycles. The van der Waals surface area contributed by atoms with Gasteiger partial charge in [0.25, 0.3) is 0 Å². The molecule has 0 aliphatic carbocycles. The summed E-state index contributed by atoms with van der Waals surface area (Å²) in [6, 6.07) is 0. The number of rotatable bonds is 13. The van der Waals surface area contributed by atoms with Crippen LogP contribution in [0.25, 0.3) is 0 Å². The fourth-order valence-electron chi connectivity index (χ4n) is 1.61. The van der Waals surface area contributed by atoms with Gasteiger partial charge >= 0.3 is 0 Å². The molecule has 0 radical (unpaired) electrons. The standard InChI is InChI=1S/C13H28O4/c1-4-7-8-9-10-11-12-13(5-2)15-17-16-14-6-3/h13H,4-12H2,1-3H3. The molecule has 0 saturated carbocycles. The Bertz CT molecular complexity index is 141. The van der Waals surface area contributed by atoms with Gasteiger partial charge in [0.15, 0.2) is 0 Å². The molecule has 0 aliphatic heterocycles. The van der Waals surface area contributed by atoms with Crippen LogP contribution in [0.2, 0.25) is 0 Å². The molecule has 0 fully saturated rings. The fourth-order valence-corrected chi connectivity index (χ4v) is 1.61. The highest BCUT2D eigenvalue weighted by atomic mass is 17.7. The van der Waals surface area contributed by atoms with E-state index in [0.717, 1.165) is 12.8 Å². The molecule has 0 rings (SSSR count). The molecule has 0 heterocycles. The lowest BCUT2D eigenvalue weighted by molar-refractivity contribution is -0.641. The van der Waals surface area contributed by atoms with Crippen molar-refractivity contribution in [3.05, 3.63) is 0 Å². The van der Waals surface area contributed by atoms with Crippen LogP contribution in [-0.4, -0.2) is 12.7 Å². The molecule has 4 nitrogen and oxygen atoms in total. The number of hydrogen-bond acceptors (Lipinski definition) is 4. The molecule has 0 bridgehead atoms. The van der Waals surface area contributed by atoms with Gasteiger partial charge in [0.2, 0.25) is 0 Å². The average molecular weight is 248 g/mol. The van der Waals surface area contributed by atoms with E-state index in [0.29, 0.717) is 6.61 Å². The zero-order chi connectivity index (χ0) is 12.8. The molecule has 0 N–H and O–H groups in total. The predicted molar refractivity (Wildman–Crippen MR) is 67.0 cm³/mol. The van der Waals surface area contributed by atoms with Crippen LogP contribution in [0.3, 0.4) is 0 Å². The molecule has 1 unspecified atom stereocenters. The minimum absolute atomic E-state index is 0.0987. The second kappa shape index (κ2) is 13.9. The smallest absolute Gasteiger partial charge is 0.0959 e. The summed E-state index contributed by atoms with van der Waals surface area (Å²) in [6.07, 6.45) is 9.79. The van der Waals surface area contributed by atoms with Gasteiger partial charge in [-0.15, -0.1) is 0 Å². The van der Waals surface area contributed by atoms with Crippen molar-refractivity contribution in [3.63, 3.8) is 0 Å². The van der Waals surface area contributed by atoms with Crippen LogP contribution in [0.1, 0.15) is 72.1 Å². The summed E-state index contributed by atoms with van der Waals surface area (Å²) < 4.78 is 0. The number of hydrogen-bond donors (Lipinski definition) is 0. The van der Waals surface area contributed by atoms with Gasteiger partial charge < -0.3 is 0 Å². The first-order valence-electron chi connectivity index (χ1n) is 6.96. The quantitative estimate of drug-likeness (QED) is 0.276. The van der Waals surface area contributed by atoms with E-state index in [-0.39, 0.29) is 6.10 Å². The van der Waals surface area contributed by atoms with Crippen LogP contribution >= 0.6 is 0 Å². The fraction of sp³-hybridized carbons (Fsp3) is 1.00. The molecule has 0 saturated heterocycles. The van der Waals surface area contributed by atoms with Gasteiger partial charge in [0, 0.05) is 0 Å². The lowest BCUT2D eigenvalue weighted by Gasteiger charge is -2.12. The minimum atomic E-state index is 0.0987. The lowest BCUT2D eigenvalue weighted by atomic mass is 10.1. The molecule has 0 aromatic rings. The van der Waals surface area contributed by atoms with Crippen molar-refractivity contribution < 1.29 is 19.9 Å². The van der Waals surface area contributed by atoms with Gasteiger partial charge in [-0.25, -0.2) is 9.78 Å². The summed E-state index contributed by atoms with van der Waals surface area (Å²) in [5.74, 6) is 0. The minimum Gasteiger partial charge on any atom is -0.204 e. The molecule has 0 aromatic heterocycles. The van der Waals surface area contributed by atoms with Crippen molar-refractivity contribution in [2.75, 3.05) is 6.61 Å². The van der Waals surface area contributed by atoms with E-state index in [1.165, 1.54) is 38.5 Å². The molecule has 4 heteroatoms. The van der Waals surface area contributed by atoms with Crippen molar-refractivity contribution in [2.24, 2.45) is 0 Å². The summed E-state index contributed by atoms with van der Waals surface area (Å²) >= 11 is 0. The van der Waals surface area contributed by atoms with E-state index in [1.54, 1.807) is 0 Å². The lowest BCUT2D eigenvalue weighted by Crippen LogP contribution is -2.12. The highest BCUT2D eigenvalue weighted by Crippen LogP contribution is 2.12. The Morgan fingerprint density at radius 1 is 0.824 bits per heavy atom. The largest absolute Gasteiger partial charge is 0.204 e. The maximum absolute atomic E-state index is 5.07. The van der Waals surface area contributed by atoms with Gasteiger partial charge in [0.1, 0.15) is 0 Å². The third-order valence-electron chi connectivity index (χ3n) is 2.70. The summed E-state index contributed by atoms with van der Waals surface area (Å²) in [5, 5.41) is 8.85. The van der Waals surface area contributed by atoms with Crippen molar-refractivity contribution in [3.8, 4) is 0 Å². The highest BCUT2D eigenvalue weighted by molar-refractivity contribution is 4.54. The van der Waals surface area contributed by atoms with Gasteiger partial charge in [-0.05, 0) is 29.8 Å². The van der Waals surface area contributed by atoms with Crippen molar-refractivity contribution in [1.82, 2.24) is 0 Å². The van der Waals surface area contributed by atoms with Crippen LogP contribution in [0, 0.1) is 0 Å². The van der Waals surface area contributed by atoms with Crippen LogP contribution < -0.4 is 0 Å². The topological polar surface area (TPSA) is 36.9 Å². The Balaban J connectivity index is 3.28. The van der Waals surface area contributed by atoms with Crippen molar-refractivity contribution >= 4 is 0 Å². The third-order valence-corrected chi connectivity index (χ3v) is 2.70. The first kappa shape index (κ1) is 16.8. The SMILES string of the molecule is CCCCCCCCC(CC)OOOOCC. The molecular formula is C13H28O4. The summed E-state index contributed by atoms with van der Waals surface area (Å²) in [5.41, 5.74) is 0. The Labute approximate surface area is 105 Å². The maximum atomic E-state index is 5.07. The van der Waals surface area contributed by atoms with Crippen LogP contribution in [0.15, 0.2) is 0 Å². The second-order valence-corrected chi connectivity index (χ2v) is 4.23. The molecule has 0 spiro atoms. The number of unbranched alkanes of at least 4 members (excludes halogenated alkanes) is 5. The Morgan fingerprint density at radius 3 is 2.18 bits per heavy atom. The van der Waals surface area contributed by atoms with E-state index < -0.39 is 0 Å². The van der Waals surface area contributed by atoms with E-state index in [2.05, 4.69) is 28.8 Å². The summed E-state index contributed by atoms with van der Waals surface area (Å²) in [4.78, 5) is 9.62. The van der Waals surface area contributed by atoms with E-state index in [9.17, 15) is 0 Å². The second-order valence-electron chi connectivity index (χ2n) is 4.23. The first-order valence-corrected chi connectivity index (χ1v) is 6.96. The van der Waals surface area contributed by atoms with Gasteiger partial charge in [-0.2, -0.15) is 0 Å². The average Bonchev–Trinajstić information content (AvgIpc) is 2.36. The van der Waals surface area contributed by atoms with E-state index >= 15 is 0 Å². The molecule has 17 heavy (non-hydrogen) atoms. The van der Waals surface area contributed by atoms with Crippen molar-refractivity contribution in [2.45, 2.75) is 78.2 Å². The first-order chi connectivity index (χ1) is 8.35. The molecule has 0 aliphatic rings. The Morgan fingerprint density at radius 2 is 1.53 bits per heavy atom. The van der Waals surface area contributed by atoms with Crippen LogP contribution in [-0.2, 0) is 19.9 Å². The highest BCUT2D eigenvalue weighted by Gasteiger charge is 2.08. The normalized spacial score (nSPS) is 12.9. The zero-order valence-electron chi connectivity index (χ0n) is 11.6. The van der Waals surface area contributed by atoms with Crippen LogP contribution in [0.4, 0.5) is 0 Å². The van der Waals surface area contributed by atoms with E-state index in [1.807, 2.05) is 6.92 Å². The molecule has 104 valence electrons. The molecule has 1 atom stereocenters. The van der Waals surface area contributed by atoms with Crippen molar-refractivity contribution in [1.29, 1.82) is 0 Å². The Kier molecular flexibility index (Phi) is 13.8. The molecule has 0 amide bonds. The van der Waals surface area contributed by atoms with Gasteiger partial charge in [-0.3, -0.25) is 0 Å². The maximum Gasteiger partial charge on any atom is 0.0959 e. The Hall–Kier alpha value is -0.160. The molecular weight excluding hydrogens is 220 g/mol. The van der Waals surface area contributed by atoms with Crippen LogP contribution in [0.5, 0.6) is 0 Å². The summed E-state index contributed by atoms with van der Waals surface area (Å²) in [7, 11) is 0. The monoisotopic (exact) mass is 248 g/mol. The third kappa shape index (κ3) is 12.1. The van der Waals surface area contributed by atoms with Gasteiger partial charge in [0.05, 0.1) is 12.7 Å².